The molecule has 1 heterocycles. The van der Waals surface area contributed by atoms with Crippen molar-refractivity contribution >= 4 is 16.8 Å². The van der Waals surface area contributed by atoms with Crippen LogP contribution in [-0.2, 0) is 11.0 Å². The fraction of sp³-hybridized carbons (Fsp3) is 0.189. The molecule has 210 valence electrons. The molecule has 42 heavy (non-hydrogen) atoms. The van der Waals surface area contributed by atoms with E-state index >= 15 is 0 Å². The number of halogens is 1. The average Bonchev–Trinajstić information content (AvgIpc) is 3.26. The summed E-state index contributed by atoms with van der Waals surface area (Å²) in [5, 5.41) is 2.07. The maximum atomic E-state index is 14.6. The lowest BCUT2D eigenvalue weighted by Gasteiger charge is -2.39. The molecule has 0 N–H and O–H groups in total. The van der Waals surface area contributed by atoms with Gasteiger partial charge in [-0.1, -0.05) is 62.4 Å². The number of benzene rings is 5. The van der Waals surface area contributed by atoms with Crippen molar-refractivity contribution in [3.05, 3.63) is 125 Å². The second-order valence-corrected chi connectivity index (χ2v) is 11.3. The van der Waals surface area contributed by atoms with E-state index in [2.05, 4.69) is 38.1 Å². The molecule has 1 unspecified atom stereocenters. The zero-order valence-corrected chi connectivity index (χ0v) is 24.2. The van der Waals surface area contributed by atoms with Crippen molar-refractivity contribution in [1.29, 1.82) is 0 Å². The second-order valence-electron chi connectivity index (χ2n) is 11.3. The molecule has 5 aromatic rings. The van der Waals surface area contributed by atoms with E-state index in [1.807, 2.05) is 60.7 Å². The van der Waals surface area contributed by atoms with Crippen molar-refractivity contribution in [1.82, 2.24) is 0 Å². The van der Waals surface area contributed by atoms with Gasteiger partial charge < -0.3 is 18.9 Å². The molecule has 0 saturated heterocycles. The van der Waals surface area contributed by atoms with E-state index in [1.54, 1.807) is 33.5 Å². The monoisotopic (exact) mass is 558 g/mol. The Hall–Kier alpha value is -4.77. The number of hydrogen-bond donors (Lipinski definition) is 0. The largest absolute Gasteiger partial charge is 0.497 e. The molecular formula is C37H31FO4. The standard InChI is InChI=1S/C37H31FO4/c1-36(2)31-20-23(38)12-16-28(31)33-26-8-6-7-9-27(26)35-29(34(33)36)18-19-37(42-35,22-10-13-24(39-3)14-11-22)30-17-15-25(40-4)21-32(30)41-5/h6-21H,1-5H3. The first-order valence-corrected chi connectivity index (χ1v) is 14.0. The number of hydrogen-bond acceptors (Lipinski definition) is 4. The van der Waals surface area contributed by atoms with Crippen LogP contribution in [-0.4, -0.2) is 21.3 Å². The quantitative estimate of drug-likeness (QED) is 0.216. The summed E-state index contributed by atoms with van der Waals surface area (Å²) < 4.78 is 38.8. The van der Waals surface area contributed by atoms with Gasteiger partial charge in [0.25, 0.3) is 0 Å². The van der Waals surface area contributed by atoms with Gasteiger partial charge in [-0.15, -0.1) is 0 Å². The van der Waals surface area contributed by atoms with Crippen molar-refractivity contribution in [2.75, 3.05) is 21.3 Å². The van der Waals surface area contributed by atoms with Crippen molar-refractivity contribution in [2.24, 2.45) is 0 Å². The summed E-state index contributed by atoms with van der Waals surface area (Å²) in [6.45, 7) is 4.33. The van der Waals surface area contributed by atoms with Gasteiger partial charge in [-0.3, -0.25) is 0 Å². The first-order chi connectivity index (χ1) is 20.3. The van der Waals surface area contributed by atoms with Gasteiger partial charge in [0.1, 0.15) is 28.8 Å². The van der Waals surface area contributed by atoms with Gasteiger partial charge in [-0.05, 0) is 70.1 Å². The highest BCUT2D eigenvalue weighted by molar-refractivity contribution is 6.08. The molecule has 7 rings (SSSR count). The summed E-state index contributed by atoms with van der Waals surface area (Å²) in [4.78, 5) is 0. The number of fused-ring (bicyclic) bond motifs is 8. The molecule has 0 radical (unpaired) electrons. The number of ether oxygens (including phenoxy) is 4. The van der Waals surface area contributed by atoms with Crippen LogP contribution in [0.2, 0.25) is 0 Å². The minimum Gasteiger partial charge on any atom is -0.497 e. The summed E-state index contributed by atoms with van der Waals surface area (Å²) in [6, 6.07) is 27.2. The Morgan fingerprint density at radius 3 is 2.14 bits per heavy atom. The van der Waals surface area contributed by atoms with Gasteiger partial charge >= 0.3 is 0 Å². The molecule has 0 amide bonds. The SMILES string of the molecule is COc1ccc(C2(c3ccc(OC)cc3OC)C=Cc3c4c(c5ccccc5c3O2)-c2ccc(F)cc2C4(C)C)cc1. The first kappa shape index (κ1) is 26.1. The van der Waals surface area contributed by atoms with E-state index in [9.17, 15) is 4.39 Å². The van der Waals surface area contributed by atoms with Gasteiger partial charge in [-0.25, -0.2) is 4.39 Å². The van der Waals surface area contributed by atoms with Crippen molar-refractivity contribution < 1.29 is 23.3 Å². The highest BCUT2D eigenvalue weighted by atomic mass is 19.1. The second kappa shape index (κ2) is 9.38. The van der Waals surface area contributed by atoms with Gasteiger partial charge in [0, 0.05) is 33.6 Å². The molecule has 5 aromatic carbocycles. The van der Waals surface area contributed by atoms with Crippen LogP contribution in [0.1, 0.15) is 41.7 Å². The molecule has 1 aliphatic carbocycles. The Morgan fingerprint density at radius 1 is 0.714 bits per heavy atom. The third-order valence-electron chi connectivity index (χ3n) is 8.83. The number of rotatable bonds is 5. The summed E-state index contributed by atoms with van der Waals surface area (Å²) in [5.41, 5.74) is 5.62. The molecule has 4 nitrogen and oxygen atoms in total. The van der Waals surface area contributed by atoms with Crippen LogP contribution >= 0.6 is 0 Å². The van der Waals surface area contributed by atoms with Gasteiger partial charge in [0.15, 0.2) is 5.60 Å². The zero-order chi connectivity index (χ0) is 29.2. The summed E-state index contributed by atoms with van der Waals surface area (Å²) in [7, 11) is 4.95. The Kier molecular flexibility index (Phi) is 5.84. The van der Waals surface area contributed by atoms with Crippen LogP contribution in [0, 0.1) is 5.82 Å². The summed E-state index contributed by atoms with van der Waals surface area (Å²) in [5.74, 6) is 2.64. The lowest BCUT2D eigenvalue weighted by molar-refractivity contribution is 0.158. The smallest absolute Gasteiger partial charge is 0.181 e. The topological polar surface area (TPSA) is 36.9 Å². The minimum absolute atomic E-state index is 0.232. The highest BCUT2D eigenvalue weighted by Gasteiger charge is 2.45. The third kappa shape index (κ3) is 3.59. The molecular weight excluding hydrogens is 527 g/mol. The summed E-state index contributed by atoms with van der Waals surface area (Å²) in [6.07, 6.45) is 4.28. The maximum absolute atomic E-state index is 14.6. The lowest BCUT2D eigenvalue weighted by atomic mass is 9.76. The van der Waals surface area contributed by atoms with Gasteiger partial charge in [0.05, 0.1) is 21.3 Å². The highest BCUT2D eigenvalue weighted by Crippen LogP contribution is 2.58. The van der Waals surface area contributed by atoms with Crippen LogP contribution in [0.25, 0.3) is 28.0 Å². The van der Waals surface area contributed by atoms with E-state index in [0.717, 1.165) is 61.2 Å². The van der Waals surface area contributed by atoms with E-state index < -0.39 is 11.0 Å². The van der Waals surface area contributed by atoms with Crippen molar-refractivity contribution in [2.45, 2.75) is 24.9 Å². The molecule has 0 bridgehead atoms. The van der Waals surface area contributed by atoms with E-state index in [0.29, 0.717) is 11.5 Å². The normalized spacial score (nSPS) is 17.7. The molecule has 0 saturated carbocycles. The summed E-state index contributed by atoms with van der Waals surface area (Å²) >= 11 is 0. The van der Waals surface area contributed by atoms with Crippen LogP contribution in [0.15, 0.2) is 91.0 Å². The van der Waals surface area contributed by atoms with Crippen LogP contribution in [0.4, 0.5) is 4.39 Å². The van der Waals surface area contributed by atoms with E-state index in [1.165, 1.54) is 0 Å². The lowest BCUT2D eigenvalue weighted by Crippen LogP contribution is -2.35. The van der Waals surface area contributed by atoms with Crippen LogP contribution < -0.4 is 18.9 Å². The fourth-order valence-corrected chi connectivity index (χ4v) is 6.81. The van der Waals surface area contributed by atoms with Crippen molar-refractivity contribution in [3.8, 4) is 34.1 Å². The first-order valence-electron chi connectivity index (χ1n) is 14.0. The minimum atomic E-state index is -1.02. The van der Waals surface area contributed by atoms with Crippen LogP contribution in [0.3, 0.4) is 0 Å². The van der Waals surface area contributed by atoms with Crippen molar-refractivity contribution in [3.63, 3.8) is 0 Å². The average molecular weight is 559 g/mol. The predicted octanol–water partition coefficient (Wildman–Crippen LogP) is 8.66. The molecule has 0 fully saturated rings. The number of methoxy groups -OCH3 is 3. The molecule has 2 aliphatic rings. The Bertz CT molecular complexity index is 1900. The molecule has 1 aliphatic heterocycles. The Labute approximate surface area is 244 Å². The Balaban J connectivity index is 1.55. The molecule has 1 atom stereocenters. The molecule has 5 heteroatoms. The molecule has 0 spiro atoms. The van der Waals surface area contributed by atoms with Gasteiger partial charge in [-0.2, -0.15) is 0 Å². The zero-order valence-electron chi connectivity index (χ0n) is 24.2. The maximum Gasteiger partial charge on any atom is 0.181 e. The van der Waals surface area contributed by atoms with Crippen LogP contribution in [0.5, 0.6) is 23.0 Å². The third-order valence-corrected chi connectivity index (χ3v) is 8.83. The van der Waals surface area contributed by atoms with E-state index in [-0.39, 0.29) is 5.82 Å². The fourth-order valence-electron chi connectivity index (χ4n) is 6.81. The Morgan fingerprint density at radius 2 is 1.43 bits per heavy atom. The van der Waals surface area contributed by atoms with Gasteiger partial charge in [0.2, 0.25) is 0 Å². The predicted molar refractivity (Wildman–Crippen MR) is 164 cm³/mol. The van der Waals surface area contributed by atoms with E-state index in [4.69, 9.17) is 18.9 Å². The molecule has 0 aromatic heterocycles.